The van der Waals surface area contributed by atoms with Gasteiger partial charge in [0.1, 0.15) is 11.4 Å². The lowest BCUT2D eigenvalue weighted by Crippen LogP contribution is -2.16. The lowest BCUT2D eigenvalue weighted by atomic mass is 10.0. The molecule has 260 valence electrons. The molecule has 2 heterocycles. The van der Waals surface area contributed by atoms with Crippen molar-refractivity contribution in [3.8, 4) is 0 Å². The number of aryl methyl sites for hydroxylation is 3. The third kappa shape index (κ3) is 13.5. The first-order valence-electron chi connectivity index (χ1n) is 15.7. The minimum Gasteiger partial charge on any atom is -0.321 e. The van der Waals surface area contributed by atoms with Crippen LogP contribution in [0, 0.1) is 6.92 Å². The predicted octanol–water partition coefficient (Wildman–Crippen LogP) is 12.0. The Morgan fingerprint density at radius 3 is 1.61 bits per heavy atom. The Kier molecular flexibility index (Phi) is 16.1. The van der Waals surface area contributed by atoms with Crippen LogP contribution in [0.3, 0.4) is 0 Å². The second-order valence-electron chi connectivity index (χ2n) is 11.0. The second-order valence-corrected chi connectivity index (χ2v) is 14.0. The second kappa shape index (κ2) is 20.7. The maximum Gasteiger partial charge on any atom is 0.274 e. The highest BCUT2D eigenvalue weighted by Gasteiger charge is 2.15. The SMILES string of the molecule is Cc1cc(Br)cnc1C(=O)Nc1ccccc1.ClCc1cccc(Cl)c1.O=C(Nc1ccccc1)c1ncc(Br)cc1CCc1cccc(Cl)c1. The van der Waals surface area contributed by atoms with Crippen molar-refractivity contribution < 1.29 is 9.59 Å². The van der Waals surface area contributed by atoms with Crippen LogP contribution in [0.2, 0.25) is 10.0 Å². The number of benzene rings is 4. The summed E-state index contributed by atoms with van der Waals surface area (Å²) in [4.78, 5) is 33.0. The van der Waals surface area contributed by atoms with E-state index in [9.17, 15) is 9.59 Å². The van der Waals surface area contributed by atoms with Gasteiger partial charge in [0, 0.05) is 48.6 Å². The summed E-state index contributed by atoms with van der Waals surface area (Å²) >= 11 is 24.0. The number of alkyl halides is 1. The Balaban J connectivity index is 0.000000192. The van der Waals surface area contributed by atoms with Crippen molar-refractivity contribution in [2.75, 3.05) is 10.6 Å². The van der Waals surface area contributed by atoms with E-state index in [0.29, 0.717) is 28.7 Å². The molecule has 11 heteroatoms. The van der Waals surface area contributed by atoms with Gasteiger partial charge in [-0.25, -0.2) is 9.97 Å². The van der Waals surface area contributed by atoms with E-state index in [2.05, 4.69) is 52.5 Å². The van der Waals surface area contributed by atoms with Gasteiger partial charge >= 0.3 is 0 Å². The van der Waals surface area contributed by atoms with Crippen LogP contribution in [-0.2, 0) is 18.7 Å². The molecule has 0 aliphatic rings. The molecule has 0 bridgehead atoms. The molecule has 0 fully saturated rings. The Morgan fingerprint density at radius 2 is 1.10 bits per heavy atom. The quantitative estimate of drug-likeness (QED) is 0.149. The number of aromatic nitrogens is 2. The van der Waals surface area contributed by atoms with Crippen LogP contribution < -0.4 is 10.6 Å². The lowest BCUT2D eigenvalue weighted by molar-refractivity contribution is 0.101. The molecule has 0 unspecified atom stereocenters. The Morgan fingerprint density at radius 1 is 0.608 bits per heavy atom. The molecular weight excluding hydrogens is 835 g/mol. The number of amides is 2. The van der Waals surface area contributed by atoms with Crippen molar-refractivity contribution in [1.82, 2.24) is 9.97 Å². The number of hydrogen-bond donors (Lipinski definition) is 2. The zero-order valence-electron chi connectivity index (χ0n) is 27.4. The Labute approximate surface area is 329 Å². The first kappa shape index (κ1) is 39.7. The molecule has 0 aliphatic heterocycles. The number of nitrogens with zero attached hydrogens (tertiary/aromatic N) is 2. The fourth-order valence-electron chi connectivity index (χ4n) is 4.67. The Hall–Kier alpha value is -4.05. The molecule has 6 nitrogen and oxygen atoms in total. The first-order chi connectivity index (χ1) is 24.6. The van der Waals surface area contributed by atoms with Crippen LogP contribution >= 0.6 is 66.7 Å². The van der Waals surface area contributed by atoms with E-state index in [0.717, 1.165) is 54.0 Å². The van der Waals surface area contributed by atoms with E-state index in [1.165, 1.54) is 0 Å². The van der Waals surface area contributed by atoms with Crippen LogP contribution in [0.1, 0.15) is 43.2 Å². The maximum atomic E-state index is 12.6. The zero-order valence-corrected chi connectivity index (χ0v) is 32.9. The zero-order chi connectivity index (χ0) is 36.6. The highest BCUT2D eigenvalue weighted by molar-refractivity contribution is 9.10. The van der Waals surface area contributed by atoms with E-state index < -0.39 is 0 Å². The van der Waals surface area contributed by atoms with E-state index >= 15 is 0 Å². The number of carbonyl (C=O) groups excluding carboxylic acids is 2. The fourth-order valence-corrected chi connectivity index (χ4v) is 6.09. The number of pyridine rings is 2. The molecular formula is C40H33Br2Cl3N4O2. The first-order valence-corrected chi connectivity index (χ1v) is 18.5. The summed E-state index contributed by atoms with van der Waals surface area (Å²) in [5, 5.41) is 7.15. The van der Waals surface area contributed by atoms with Gasteiger partial charge in [0.05, 0.1) is 0 Å². The number of carbonyl (C=O) groups is 2. The molecule has 2 N–H and O–H groups in total. The van der Waals surface area contributed by atoms with Crippen LogP contribution in [-0.4, -0.2) is 21.8 Å². The van der Waals surface area contributed by atoms with Gasteiger partial charge in [-0.3, -0.25) is 9.59 Å². The molecule has 2 aromatic heterocycles. The minimum atomic E-state index is -0.209. The number of rotatable bonds is 8. The molecule has 0 spiro atoms. The Bertz CT molecular complexity index is 2050. The largest absolute Gasteiger partial charge is 0.321 e. The average molecular weight is 868 g/mol. The number of para-hydroxylation sites is 2. The van der Waals surface area contributed by atoms with Crippen molar-refractivity contribution >= 4 is 89.9 Å². The van der Waals surface area contributed by atoms with Crippen molar-refractivity contribution in [3.63, 3.8) is 0 Å². The average Bonchev–Trinajstić information content (AvgIpc) is 3.12. The fraction of sp³-hybridized carbons (Fsp3) is 0.100. The van der Waals surface area contributed by atoms with E-state index in [-0.39, 0.29) is 11.8 Å². The highest BCUT2D eigenvalue weighted by Crippen LogP contribution is 2.20. The molecule has 2 amide bonds. The summed E-state index contributed by atoms with van der Waals surface area (Å²) in [5.74, 6) is 0.126. The van der Waals surface area contributed by atoms with Gasteiger partial charge in [-0.2, -0.15) is 0 Å². The number of halogens is 5. The molecule has 0 radical (unpaired) electrons. The van der Waals surface area contributed by atoms with Crippen molar-refractivity contribution in [2.24, 2.45) is 0 Å². The summed E-state index contributed by atoms with van der Waals surface area (Å²) in [6, 6.07) is 37.8. The van der Waals surface area contributed by atoms with Gasteiger partial charge in [-0.1, -0.05) is 83.9 Å². The van der Waals surface area contributed by atoms with E-state index in [1.54, 1.807) is 12.4 Å². The predicted molar refractivity (Wildman–Crippen MR) is 217 cm³/mol. The molecule has 6 rings (SSSR count). The molecule has 4 aromatic carbocycles. The topological polar surface area (TPSA) is 84.0 Å². The normalized spacial score (nSPS) is 10.2. The summed E-state index contributed by atoms with van der Waals surface area (Å²) < 4.78 is 1.72. The smallest absolute Gasteiger partial charge is 0.274 e. The number of hydrogen-bond acceptors (Lipinski definition) is 4. The number of anilines is 2. The molecule has 6 aromatic rings. The molecule has 0 aliphatic carbocycles. The van der Waals surface area contributed by atoms with Gasteiger partial charge < -0.3 is 10.6 Å². The molecule has 51 heavy (non-hydrogen) atoms. The third-order valence-corrected chi connectivity index (χ3v) is 8.73. The highest BCUT2D eigenvalue weighted by atomic mass is 79.9. The molecule has 0 atom stereocenters. The van der Waals surface area contributed by atoms with Crippen molar-refractivity contribution in [1.29, 1.82) is 0 Å². The lowest BCUT2D eigenvalue weighted by Gasteiger charge is -2.10. The van der Waals surface area contributed by atoms with Crippen LogP contribution in [0.25, 0.3) is 0 Å². The van der Waals surface area contributed by atoms with Crippen molar-refractivity contribution in [3.05, 3.63) is 186 Å². The van der Waals surface area contributed by atoms with Gasteiger partial charge in [0.15, 0.2) is 0 Å². The van der Waals surface area contributed by atoms with E-state index in [4.69, 9.17) is 34.8 Å². The minimum absolute atomic E-state index is 0.193. The summed E-state index contributed by atoms with van der Waals surface area (Å²) in [6.07, 6.45) is 4.74. The van der Waals surface area contributed by atoms with Crippen LogP contribution in [0.5, 0.6) is 0 Å². The maximum absolute atomic E-state index is 12.6. The van der Waals surface area contributed by atoms with Crippen LogP contribution in [0.15, 0.2) is 143 Å². The van der Waals surface area contributed by atoms with E-state index in [1.807, 2.05) is 128 Å². The summed E-state index contributed by atoms with van der Waals surface area (Å²) in [7, 11) is 0. The molecule has 0 saturated carbocycles. The van der Waals surface area contributed by atoms with Crippen molar-refractivity contribution in [2.45, 2.75) is 25.6 Å². The number of nitrogens with one attached hydrogen (secondary N) is 2. The monoisotopic (exact) mass is 864 g/mol. The standard InChI is InChI=1S/C20H16BrClN2O.C13H11BrN2O.C7H6Cl2/c21-16-12-15(10-9-14-5-4-6-17(22)11-14)19(23-13-16)20(25)24-18-7-2-1-3-8-18;1-9-7-10(14)8-15-12(9)13(17)16-11-5-3-2-4-6-11;8-5-6-2-1-3-7(9)4-6/h1-8,11-13H,9-10H2,(H,24,25);2-8H,1H3,(H,16,17);1-4H,5H2. The van der Waals surface area contributed by atoms with Gasteiger partial charge in [0.25, 0.3) is 11.8 Å². The van der Waals surface area contributed by atoms with Crippen LogP contribution in [0.4, 0.5) is 11.4 Å². The molecule has 0 saturated heterocycles. The summed E-state index contributed by atoms with van der Waals surface area (Å²) in [5.41, 5.74) is 6.31. The van der Waals surface area contributed by atoms with Gasteiger partial charge in [0.2, 0.25) is 0 Å². The third-order valence-electron chi connectivity index (χ3n) is 7.09. The summed E-state index contributed by atoms with van der Waals surface area (Å²) in [6.45, 7) is 1.86. The van der Waals surface area contributed by atoms with Gasteiger partial charge in [-0.15, -0.1) is 11.6 Å². The van der Waals surface area contributed by atoms with Gasteiger partial charge in [-0.05, 0) is 135 Å².